The standard InChI is InChI=1S/C20H20N4O9/c1-11(32-23(27)28)18(33-24(29)30)13-5-7-16(25)22(10-13)17-14-8-12(9-21)4-6-15(14)31-20(2,3)19(17)26/h4-8,10-11,17-19,26H,1-3H3/t11?,17-,18?,19+/m1/s1. The van der Waals surface area contributed by atoms with Gasteiger partial charge in [-0.05, 0) is 50.6 Å². The second-order valence-electron chi connectivity index (χ2n) is 7.95. The molecule has 33 heavy (non-hydrogen) atoms. The van der Waals surface area contributed by atoms with Gasteiger partial charge in [0, 0.05) is 17.8 Å². The topological polar surface area (TPSA) is 180 Å². The van der Waals surface area contributed by atoms with Crippen LogP contribution in [0.15, 0.2) is 41.3 Å². The van der Waals surface area contributed by atoms with E-state index < -0.39 is 45.7 Å². The number of aliphatic hydroxyl groups is 1. The first-order valence-electron chi connectivity index (χ1n) is 9.70. The van der Waals surface area contributed by atoms with Crippen molar-refractivity contribution >= 4 is 0 Å². The largest absolute Gasteiger partial charge is 0.485 e. The van der Waals surface area contributed by atoms with E-state index in [1.54, 1.807) is 19.9 Å². The van der Waals surface area contributed by atoms with E-state index in [0.717, 1.165) is 10.6 Å². The molecule has 3 rings (SSSR count). The summed E-state index contributed by atoms with van der Waals surface area (Å²) in [5.41, 5.74) is -1.07. The summed E-state index contributed by atoms with van der Waals surface area (Å²) in [6, 6.07) is 7.81. The van der Waals surface area contributed by atoms with Crippen LogP contribution in [0.25, 0.3) is 0 Å². The van der Waals surface area contributed by atoms with Gasteiger partial charge < -0.3 is 24.1 Å². The van der Waals surface area contributed by atoms with Gasteiger partial charge in [0.1, 0.15) is 23.6 Å². The van der Waals surface area contributed by atoms with Gasteiger partial charge in [0.15, 0.2) is 6.10 Å². The van der Waals surface area contributed by atoms with Crippen molar-refractivity contribution in [3.8, 4) is 11.8 Å². The van der Waals surface area contributed by atoms with Crippen LogP contribution >= 0.6 is 0 Å². The van der Waals surface area contributed by atoms with E-state index in [0.29, 0.717) is 11.3 Å². The minimum absolute atomic E-state index is 0.0233. The Labute approximate surface area is 186 Å². The summed E-state index contributed by atoms with van der Waals surface area (Å²) in [5.74, 6) is 0.342. The molecule has 174 valence electrons. The van der Waals surface area contributed by atoms with E-state index in [1.165, 1.54) is 31.3 Å². The zero-order valence-electron chi connectivity index (χ0n) is 17.8. The molecule has 0 spiro atoms. The minimum atomic E-state index is -1.55. The van der Waals surface area contributed by atoms with Gasteiger partial charge in [0.2, 0.25) is 0 Å². The smallest absolute Gasteiger partial charge is 0.295 e. The lowest BCUT2D eigenvalue weighted by Gasteiger charge is -2.42. The molecule has 1 aliphatic heterocycles. The van der Waals surface area contributed by atoms with Gasteiger partial charge in [-0.15, -0.1) is 20.2 Å². The van der Waals surface area contributed by atoms with E-state index in [2.05, 4.69) is 9.68 Å². The summed E-state index contributed by atoms with van der Waals surface area (Å²) in [5, 5.41) is 39.9. The molecule has 1 aromatic carbocycles. The molecule has 0 saturated heterocycles. The van der Waals surface area contributed by atoms with Crippen LogP contribution in [0.4, 0.5) is 0 Å². The lowest BCUT2D eigenvalue weighted by atomic mass is 9.85. The van der Waals surface area contributed by atoms with Crippen molar-refractivity contribution in [3.05, 3.63) is 83.8 Å². The maximum absolute atomic E-state index is 12.8. The molecule has 13 heteroatoms. The van der Waals surface area contributed by atoms with Crippen molar-refractivity contribution in [2.75, 3.05) is 0 Å². The molecule has 2 aromatic rings. The number of nitrogens with zero attached hydrogens (tertiary/aromatic N) is 4. The summed E-state index contributed by atoms with van der Waals surface area (Å²) < 4.78 is 6.98. The Morgan fingerprint density at radius 3 is 2.48 bits per heavy atom. The van der Waals surface area contributed by atoms with Crippen LogP contribution in [0, 0.1) is 31.6 Å². The van der Waals surface area contributed by atoms with Gasteiger partial charge >= 0.3 is 0 Å². The van der Waals surface area contributed by atoms with E-state index in [4.69, 9.17) is 4.74 Å². The summed E-state index contributed by atoms with van der Waals surface area (Å²) in [6.07, 6.45) is -3.01. The van der Waals surface area contributed by atoms with Crippen LogP contribution in [0.2, 0.25) is 0 Å². The summed E-state index contributed by atoms with van der Waals surface area (Å²) in [6.45, 7) is 4.44. The third-order valence-electron chi connectivity index (χ3n) is 5.31. The molecule has 0 bridgehead atoms. The maximum Gasteiger partial charge on any atom is 0.295 e. The molecule has 0 radical (unpaired) electrons. The van der Waals surface area contributed by atoms with Crippen LogP contribution in [0.1, 0.15) is 49.6 Å². The molecule has 4 atom stereocenters. The van der Waals surface area contributed by atoms with Gasteiger partial charge in [-0.2, -0.15) is 5.26 Å². The van der Waals surface area contributed by atoms with Crippen molar-refractivity contribution in [2.45, 2.75) is 50.7 Å². The van der Waals surface area contributed by atoms with Gasteiger partial charge in [-0.25, -0.2) is 0 Å². The number of nitriles is 1. The Kier molecular flexibility index (Phi) is 6.23. The normalized spacial score (nSPS) is 20.3. The second-order valence-corrected chi connectivity index (χ2v) is 7.95. The van der Waals surface area contributed by atoms with Crippen LogP contribution in [-0.2, 0) is 9.68 Å². The van der Waals surface area contributed by atoms with Crippen LogP contribution in [0.3, 0.4) is 0 Å². The zero-order valence-corrected chi connectivity index (χ0v) is 17.8. The fourth-order valence-corrected chi connectivity index (χ4v) is 3.75. The Morgan fingerprint density at radius 2 is 1.88 bits per heavy atom. The minimum Gasteiger partial charge on any atom is -0.485 e. The molecule has 0 aliphatic carbocycles. The number of aliphatic hydroxyl groups excluding tert-OH is 1. The highest BCUT2D eigenvalue weighted by atomic mass is 17.0. The Hall–Kier alpha value is -4.18. The molecule has 2 unspecified atom stereocenters. The van der Waals surface area contributed by atoms with E-state index in [1.807, 2.05) is 6.07 Å². The predicted molar refractivity (Wildman–Crippen MR) is 109 cm³/mol. The fourth-order valence-electron chi connectivity index (χ4n) is 3.75. The Balaban J connectivity index is 2.18. The number of ether oxygens (including phenoxy) is 1. The van der Waals surface area contributed by atoms with Crippen molar-refractivity contribution in [2.24, 2.45) is 0 Å². The average Bonchev–Trinajstić information content (AvgIpc) is 2.73. The molecule has 1 N–H and O–H groups in total. The number of hydrogen-bond donors (Lipinski definition) is 1. The Bertz CT molecular complexity index is 1190. The molecule has 13 nitrogen and oxygen atoms in total. The highest BCUT2D eigenvalue weighted by molar-refractivity contribution is 5.47. The van der Waals surface area contributed by atoms with E-state index >= 15 is 0 Å². The van der Waals surface area contributed by atoms with Crippen molar-refractivity contribution in [3.63, 3.8) is 0 Å². The van der Waals surface area contributed by atoms with Crippen LogP contribution < -0.4 is 10.3 Å². The van der Waals surface area contributed by atoms with E-state index in [9.17, 15) is 35.4 Å². The predicted octanol–water partition coefficient (Wildman–Crippen LogP) is 1.69. The number of aromatic nitrogens is 1. The molecule has 0 saturated carbocycles. The number of fused-ring (bicyclic) bond motifs is 1. The molecular weight excluding hydrogens is 440 g/mol. The summed E-state index contributed by atoms with van der Waals surface area (Å²) >= 11 is 0. The monoisotopic (exact) mass is 460 g/mol. The van der Waals surface area contributed by atoms with Gasteiger partial charge in [0.25, 0.3) is 15.7 Å². The highest BCUT2D eigenvalue weighted by Gasteiger charge is 2.44. The number of rotatable bonds is 7. The van der Waals surface area contributed by atoms with Crippen LogP contribution in [0.5, 0.6) is 5.75 Å². The van der Waals surface area contributed by atoms with Gasteiger partial charge in [0.05, 0.1) is 17.7 Å². The second kappa shape index (κ2) is 8.75. The van der Waals surface area contributed by atoms with Crippen molar-refractivity contribution in [1.29, 1.82) is 5.26 Å². The molecule has 1 aromatic heterocycles. The summed E-state index contributed by atoms with van der Waals surface area (Å²) in [7, 11) is 0. The molecule has 2 heterocycles. The van der Waals surface area contributed by atoms with Crippen LogP contribution in [-0.4, -0.2) is 37.7 Å². The summed E-state index contributed by atoms with van der Waals surface area (Å²) in [4.78, 5) is 43.6. The quantitative estimate of drug-likeness (QED) is 0.472. The molecule has 1 aliphatic rings. The molecular formula is C20H20N4O9. The van der Waals surface area contributed by atoms with Gasteiger partial charge in [-0.3, -0.25) is 4.79 Å². The van der Waals surface area contributed by atoms with Crippen molar-refractivity contribution in [1.82, 2.24) is 4.57 Å². The van der Waals surface area contributed by atoms with E-state index in [-0.39, 0.29) is 11.1 Å². The van der Waals surface area contributed by atoms with Gasteiger partial charge in [-0.1, -0.05) is 0 Å². The Morgan fingerprint density at radius 1 is 1.21 bits per heavy atom. The third-order valence-corrected chi connectivity index (χ3v) is 5.31. The van der Waals surface area contributed by atoms with Crippen molar-refractivity contribution < 1.29 is 29.7 Å². The molecule has 0 fully saturated rings. The number of benzene rings is 1. The fraction of sp³-hybridized carbons (Fsp3) is 0.400. The number of pyridine rings is 1. The lowest BCUT2D eigenvalue weighted by molar-refractivity contribution is -0.800. The lowest BCUT2D eigenvalue weighted by Crippen LogP contribution is -2.52. The molecule has 0 amide bonds. The highest BCUT2D eigenvalue weighted by Crippen LogP contribution is 2.42. The first-order valence-corrected chi connectivity index (χ1v) is 9.70. The number of hydrogen-bond acceptors (Lipinski definition) is 10. The zero-order chi connectivity index (χ0) is 24.5. The SMILES string of the molecule is CC(O[N+](=O)[O-])C(O[N+](=O)[O-])c1ccc(=O)n([C@@H]2c3cc(C#N)ccc3OC(C)(C)[C@H]2O)c1. The first kappa shape index (κ1) is 23.5. The maximum atomic E-state index is 12.8. The first-order chi connectivity index (χ1) is 15.4. The average molecular weight is 460 g/mol. The third kappa shape index (κ3) is 4.70.